The van der Waals surface area contributed by atoms with Crippen LogP contribution >= 0.6 is 0 Å². The second kappa shape index (κ2) is 17.4. The lowest BCUT2D eigenvalue weighted by molar-refractivity contribution is -0.155. The van der Waals surface area contributed by atoms with Crippen LogP contribution in [0.4, 0.5) is 0 Å². The predicted octanol–water partition coefficient (Wildman–Crippen LogP) is 6.55. The summed E-state index contributed by atoms with van der Waals surface area (Å²) in [5.41, 5.74) is 1.06. The van der Waals surface area contributed by atoms with Crippen LogP contribution in [0.5, 0.6) is 0 Å². The number of fused-ring (bicyclic) bond motifs is 1. The maximum Gasteiger partial charge on any atom is 0.341 e. The number of hydrogen-bond donors (Lipinski definition) is 1. The van der Waals surface area contributed by atoms with E-state index in [4.69, 9.17) is 5.11 Å². The van der Waals surface area contributed by atoms with Crippen LogP contribution in [-0.2, 0) is 14.3 Å². The first kappa shape index (κ1) is 25.6. The van der Waals surface area contributed by atoms with E-state index in [0.29, 0.717) is 6.42 Å². The molecule has 1 aromatic carbocycles. The van der Waals surface area contributed by atoms with Gasteiger partial charge in [-0.05, 0) is 18.6 Å². The van der Waals surface area contributed by atoms with E-state index in [1.807, 2.05) is 30.5 Å². The highest BCUT2D eigenvalue weighted by molar-refractivity contribution is 5.77. The first-order valence-corrected chi connectivity index (χ1v) is 11.3. The summed E-state index contributed by atoms with van der Waals surface area (Å²) in [6.45, 7) is 1.72. The number of pyridine rings is 1. The molecule has 2 rings (SSSR count). The molecule has 0 amide bonds. The van der Waals surface area contributed by atoms with Crippen LogP contribution in [-0.4, -0.2) is 28.6 Å². The van der Waals surface area contributed by atoms with Gasteiger partial charge >= 0.3 is 11.9 Å². The molecule has 0 aliphatic carbocycles. The molecule has 5 heteroatoms. The number of aliphatic carboxylic acids is 1. The van der Waals surface area contributed by atoms with Gasteiger partial charge in [0.1, 0.15) is 0 Å². The lowest BCUT2D eigenvalue weighted by Crippen LogP contribution is -2.12. The Balaban J connectivity index is 0.000000367. The van der Waals surface area contributed by atoms with E-state index >= 15 is 0 Å². The lowest BCUT2D eigenvalue weighted by atomic mass is 10.1. The number of carboxylic acid groups (broad SMARTS) is 1. The van der Waals surface area contributed by atoms with Crippen LogP contribution in [0.3, 0.4) is 0 Å². The first-order valence-electron chi connectivity index (χ1n) is 11.3. The zero-order valence-corrected chi connectivity index (χ0v) is 18.4. The predicted molar refractivity (Wildman–Crippen MR) is 121 cm³/mol. The number of hydrogen-bond acceptors (Lipinski definition) is 4. The van der Waals surface area contributed by atoms with Gasteiger partial charge in [-0.15, -0.1) is 0 Å². The molecule has 0 bridgehead atoms. The monoisotopic (exact) mass is 415 g/mol. The Labute approximate surface area is 180 Å². The van der Waals surface area contributed by atoms with Crippen molar-refractivity contribution >= 4 is 22.8 Å². The molecule has 1 aromatic heterocycles. The molecule has 166 valence electrons. The van der Waals surface area contributed by atoms with Crippen LogP contribution in [0, 0.1) is 0 Å². The van der Waals surface area contributed by atoms with Crippen LogP contribution in [0.2, 0.25) is 0 Å². The fourth-order valence-corrected chi connectivity index (χ4v) is 3.16. The highest BCUT2D eigenvalue weighted by atomic mass is 16.5. The number of carbonyl (C=O) groups is 2. The molecule has 0 radical (unpaired) electrons. The minimum Gasteiger partial charge on any atom is -0.479 e. The highest BCUT2D eigenvalue weighted by Crippen LogP contribution is 2.12. The maximum absolute atomic E-state index is 11.1. The highest BCUT2D eigenvalue weighted by Gasteiger charge is 2.05. The summed E-state index contributed by atoms with van der Waals surface area (Å²) in [5.74, 6) is -1.50. The molecule has 5 nitrogen and oxygen atoms in total. The Bertz CT molecular complexity index is 652. The smallest absolute Gasteiger partial charge is 0.341 e. The zero-order valence-electron chi connectivity index (χ0n) is 18.4. The van der Waals surface area contributed by atoms with Crippen molar-refractivity contribution in [2.75, 3.05) is 6.61 Å². The number of unbranched alkanes of at least 4 members (excludes halogenated alkanes) is 10. The number of esters is 1. The van der Waals surface area contributed by atoms with E-state index in [2.05, 4.69) is 28.8 Å². The van der Waals surface area contributed by atoms with Crippen molar-refractivity contribution in [2.24, 2.45) is 0 Å². The van der Waals surface area contributed by atoms with Gasteiger partial charge in [-0.1, -0.05) is 95.4 Å². The van der Waals surface area contributed by atoms with Crippen LogP contribution in [0.25, 0.3) is 10.9 Å². The lowest BCUT2D eigenvalue weighted by Gasteiger charge is -2.03. The molecule has 0 saturated heterocycles. The molecule has 0 atom stereocenters. The molecule has 0 unspecified atom stereocenters. The third-order valence-corrected chi connectivity index (χ3v) is 4.85. The Morgan fingerprint density at radius 3 is 2.00 bits per heavy atom. The Hall–Kier alpha value is -2.43. The zero-order chi connectivity index (χ0) is 21.9. The van der Waals surface area contributed by atoms with Crippen LogP contribution < -0.4 is 0 Å². The van der Waals surface area contributed by atoms with Gasteiger partial charge in [-0.25, -0.2) is 4.79 Å². The van der Waals surface area contributed by atoms with Gasteiger partial charge in [0.25, 0.3) is 0 Å². The summed E-state index contributed by atoms with van der Waals surface area (Å²) in [6, 6.07) is 12.1. The molecule has 1 heterocycles. The first-order chi connectivity index (χ1) is 14.6. The number of para-hydroxylation sites is 1. The van der Waals surface area contributed by atoms with Crippen LogP contribution in [0.15, 0.2) is 42.6 Å². The van der Waals surface area contributed by atoms with Gasteiger partial charge in [0, 0.05) is 18.0 Å². The number of carboxylic acids is 1. The fourth-order valence-electron chi connectivity index (χ4n) is 3.16. The molecule has 1 N–H and O–H groups in total. The summed E-state index contributed by atoms with van der Waals surface area (Å²) in [6.07, 6.45) is 15.7. The molecule has 0 aliphatic heterocycles. The van der Waals surface area contributed by atoms with Gasteiger partial charge in [0.2, 0.25) is 0 Å². The molecule has 0 fully saturated rings. The van der Waals surface area contributed by atoms with Gasteiger partial charge in [-0.3, -0.25) is 9.78 Å². The van der Waals surface area contributed by atoms with Gasteiger partial charge in [0.05, 0.1) is 5.52 Å². The molecule has 0 aliphatic rings. The maximum atomic E-state index is 11.1. The Kier molecular flexibility index (Phi) is 14.9. The van der Waals surface area contributed by atoms with E-state index < -0.39 is 18.5 Å². The van der Waals surface area contributed by atoms with Crippen molar-refractivity contribution in [2.45, 2.75) is 84.0 Å². The average Bonchev–Trinajstić information content (AvgIpc) is 2.76. The standard InChI is InChI=1S/C16H30O4.C9H7N/c1-2-3-4-5-6-7-8-9-10-11-12-13-16(19)20-14-15(17)18;1-2-6-9-8(4-1)5-3-7-10-9/h2-14H2,1H3,(H,17,18);1-7H. The summed E-state index contributed by atoms with van der Waals surface area (Å²) < 4.78 is 4.56. The van der Waals surface area contributed by atoms with Crippen molar-refractivity contribution < 1.29 is 19.4 Å². The van der Waals surface area contributed by atoms with E-state index in [0.717, 1.165) is 24.8 Å². The molecular formula is C25H37NO4. The number of ether oxygens (including phenoxy) is 1. The van der Waals surface area contributed by atoms with E-state index in [1.54, 1.807) is 0 Å². The molecule has 0 spiro atoms. The van der Waals surface area contributed by atoms with E-state index in [9.17, 15) is 9.59 Å². The second-order valence-electron chi connectivity index (χ2n) is 7.54. The third kappa shape index (κ3) is 13.7. The van der Waals surface area contributed by atoms with Crippen molar-refractivity contribution in [1.29, 1.82) is 0 Å². The van der Waals surface area contributed by atoms with Gasteiger partial charge in [-0.2, -0.15) is 0 Å². The molecule has 30 heavy (non-hydrogen) atoms. The molecule has 0 saturated carbocycles. The molecule has 2 aromatic rings. The molecular weight excluding hydrogens is 378 g/mol. The van der Waals surface area contributed by atoms with Crippen molar-refractivity contribution in [3.8, 4) is 0 Å². The summed E-state index contributed by atoms with van der Waals surface area (Å²) in [4.78, 5) is 25.5. The van der Waals surface area contributed by atoms with Crippen LogP contribution in [0.1, 0.15) is 84.0 Å². The average molecular weight is 416 g/mol. The summed E-state index contributed by atoms with van der Waals surface area (Å²) in [7, 11) is 0. The minimum atomic E-state index is -1.10. The quantitative estimate of drug-likeness (QED) is 0.280. The number of aromatic nitrogens is 1. The van der Waals surface area contributed by atoms with E-state index in [1.165, 1.54) is 56.8 Å². The SMILES string of the molecule is CCCCCCCCCCCCCC(=O)OCC(=O)O.c1ccc2ncccc2c1. The summed E-state index contributed by atoms with van der Waals surface area (Å²) in [5, 5.41) is 9.54. The number of carbonyl (C=O) groups excluding carboxylic acids is 1. The van der Waals surface area contributed by atoms with Gasteiger partial charge in [0.15, 0.2) is 6.61 Å². The Morgan fingerprint density at radius 2 is 1.40 bits per heavy atom. The number of benzene rings is 1. The number of nitrogens with zero attached hydrogens (tertiary/aromatic N) is 1. The Morgan fingerprint density at radius 1 is 0.833 bits per heavy atom. The van der Waals surface area contributed by atoms with Gasteiger partial charge < -0.3 is 9.84 Å². The normalized spacial score (nSPS) is 10.3. The fraction of sp³-hybridized carbons (Fsp3) is 0.560. The topological polar surface area (TPSA) is 76.5 Å². The van der Waals surface area contributed by atoms with Crippen molar-refractivity contribution in [3.63, 3.8) is 0 Å². The summed E-state index contributed by atoms with van der Waals surface area (Å²) >= 11 is 0. The third-order valence-electron chi connectivity index (χ3n) is 4.85. The number of rotatable bonds is 14. The van der Waals surface area contributed by atoms with Crippen molar-refractivity contribution in [1.82, 2.24) is 4.98 Å². The largest absolute Gasteiger partial charge is 0.479 e. The van der Waals surface area contributed by atoms with Crippen molar-refractivity contribution in [3.05, 3.63) is 42.6 Å². The second-order valence-corrected chi connectivity index (χ2v) is 7.54. The van der Waals surface area contributed by atoms with E-state index in [-0.39, 0.29) is 0 Å². The minimum absolute atomic E-state index is 0.338.